The molecular weight excluding hydrogens is 468 g/mol. The molecule has 0 radical (unpaired) electrons. The van der Waals surface area contributed by atoms with Crippen LogP contribution in [0.1, 0.15) is 36.3 Å². The summed E-state index contributed by atoms with van der Waals surface area (Å²) in [5.41, 5.74) is 3.89. The molecule has 1 aromatic carbocycles. The van der Waals surface area contributed by atoms with Crippen molar-refractivity contribution in [3.8, 4) is 11.1 Å². The van der Waals surface area contributed by atoms with E-state index in [0.717, 1.165) is 27.7 Å². The van der Waals surface area contributed by atoms with E-state index in [1.54, 1.807) is 34.3 Å². The lowest BCUT2D eigenvalue weighted by Gasteiger charge is -2.24. The van der Waals surface area contributed by atoms with Crippen LogP contribution in [-0.2, 0) is 22.7 Å². The quantitative estimate of drug-likeness (QED) is 0.393. The molecule has 2 atom stereocenters. The summed E-state index contributed by atoms with van der Waals surface area (Å²) < 4.78 is 1.80. The number of likely N-dealkylation sites (tertiary alicyclic amines) is 1. The fraction of sp³-hybridized carbons (Fsp3) is 0.286. The number of pyridine rings is 1. The van der Waals surface area contributed by atoms with Gasteiger partial charge in [-0.3, -0.25) is 19.4 Å². The summed E-state index contributed by atoms with van der Waals surface area (Å²) in [7, 11) is 0. The van der Waals surface area contributed by atoms with Crippen molar-refractivity contribution in [1.29, 1.82) is 0 Å². The first-order valence-electron chi connectivity index (χ1n) is 12.3. The molecule has 1 fully saturated rings. The maximum Gasteiger partial charge on any atom is 0.243 e. The molecular formula is C28H28N6O3. The number of nitrogens with one attached hydrogen (secondary N) is 1. The van der Waals surface area contributed by atoms with Crippen molar-refractivity contribution < 1.29 is 14.4 Å². The number of carbonyl (C=O) groups excluding carboxylic acids is 3. The molecule has 37 heavy (non-hydrogen) atoms. The summed E-state index contributed by atoms with van der Waals surface area (Å²) in [6.07, 6.45) is 7.31. The Morgan fingerprint density at radius 1 is 1.05 bits per heavy atom. The normalized spacial score (nSPS) is 17.2. The van der Waals surface area contributed by atoms with Crippen LogP contribution in [0.3, 0.4) is 0 Å². The molecule has 4 heterocycles. The third-order valence-electron chi connectivity index (χ3n) is 6.79. The second-order valence-electron chi connectivity index (χ2n) is 9.53. The Balaban J connectivity index is 1.37. The lowest BCUT2D eigenvalue weighted by Crippen LogP contribution is -2.46. The fourth-order valence-electron chi connectivity index (χ4n) is 4.95. The summed E-state index contributed by atoms with van der Waals surface area (Å²) in [5.74, 6) is -0.208. The van der Waals surface area contributed by atoms with Crippen molar-refractivity contribution >= 4 is 28.5 Å². The van der Waals surface area contributed by atoms with Gasteiger partial charge in [0.2, 0.25) is 11.8 Å². The Bertz CT molecular complexity index is 1450. The minimum atomic E-state index is -0.536. The van der Waals surface area contributed by atoms with Gasteiger partial charge in [0, 0.05) is 41.0 Å². The molecule has 1 aliphatic rings. The Kier molecular flexibility index (Phi) is 6.76. The Morgan fingerprint density at radius 3 is 2.65 bits per heavy atom. The van der Waals surface area contributed by atoms with E-state index in [4.69, 9.17) is 0 Å². The third-order valence-corrected chi connectivity index (χ3v) is 6.79. The first kappa shape index (κ1) is 24.3. The van der Waals surface area contributed by atoms with Crippen LogP contribution in [0.25, 0.3) is 22.0 Å². The molecule has 188 valence electrons. The number of Topliss-reactive ketones (excluding diaryl/α,β-unsaturated/α-hetero) is 1. The molecule has 1 N–H and O–H groups in total. The van der Waals surface area contributed by atoms with Gasteiger partial charge in [-0.15, -0.1) is 0 Å². The first-order valence-corrected chi connectivity index (χ1v) is 12.3. The SMILES string of the molecule is CC(=O)c1cn(CC(=O)N2CC(C)C[C@H]2C(=O)NCc2ccccn2)c2ccc(-c3ccnnc3)cc12. The minimum Gasteiger partial charge on any atom is -0.349 e. The van der Waals surface area contributed by atoms with Gasteiger partial charge >= 0.3 is 0 Å². The molecule has 4 aromatic rings. The predicted octanol–water partition coefficient (Wildman–Crippen LogP) is 3.25. The van der Waals surface area contributed by atoms with Crippen molar-refractivity contribution in [3.63, 3.8) is 0 Å². The van der Waals surface area contributed by atoms with Crippen LogP contribution in [0.5, 0.6) is 0 Å². The van der Waals surface area contributed by atoms with Gasteiger partial charge in [0.25, 0.3) is 0 Å². The number of fused-ring (bicyclic) bond motifs is 1. The van der Waals surface area contributed by atoms with E-state index in [0.29, 0.717) is 25.1 Å². The van der Waals surface area contributed by atoms with E-state index in [2.05, 4.69) is 20.5 Å². The topological polar surface area (TPSA) is 110 Å². The smallest absolute Gasteiger partial charge is 0.243 e. The summed E-state index contributed by atoms with van der Waals surface area (Å²) in [5, 5.41) is 11.5. The number of hydrogen-bond donors (Lipinski definition) is 1. The Hall–Kier alpha value is -4.40. The van der Waals surface area contributed by atoms with Crippen molar-refractivity contribution in [2.75, 3.05) is 6.54 Å². The van der Waals surface area contributed by atoms with Gasteiger partial charge in [-0.2, -0.15) is 10.2 Å². The lowest BCUT2D eigenvalue weighted by molar-refractivity contribution is -0.138. The molecule has 5 rings (SSSR count). The molecule has 1 saturated heterocycles. The zero-order valence-corrected chi connectivity index (χ0v) is 20.8. The predicted molar refractivity (Wildman–Crippen MR) is 138 cm³/mol. The molecule has 0 aliphatic carbocycles. The number of nitrogens with zero attached hydrogens (tertiary/aromatic N) is 5. The third kappa shape index (κ3) is 5.11. The van der Waals surface area contributed by atoms with Gasteiger partial charge in [0.15, 0.2) is 5.78 Å². The van der Waals surface area contributed by atoms with E-state index < -0.39 is 6.04 Å². The average Bonchev–Trinajstić information content (AvgIpc) is 3.49. The number of ketones is 1. The highest BCUT2D eigenvalue weighted by Gasteiger charge is 2.37. The van der Waals surface area contributed by atoms with Crippen molar-refractivity contribution in [2.45, 2.75) is 39.4 Å². The summed E-state index contributed by atoms with van der Waals surface area (Å²) >= 11 is 0. The highest BCUT2D eigenvalue weighted by Crippen LogP contribution is 2.29. The van der Waals surface area contributed by atoms with E-state index in [1.165, 1.54) is 6.92 Å². The number of benzene rings is 1. The molecule has 1 aliphatic heterocycles. The second-order valence-corrected chi connectivity index (χ2v) is 9.53. The second kappa shape index (κ2) is 10.3. The maximum absolute atomic E-state index is 13.5. The number of amides is 2. The van der Waals surface area contributed by atoms with Crippen LogP contribution in [0.2, 0.25) is 0 Å². The summed E-state index contributed by atoms with van der Waals surface area (Å²) in [6.45, 7) is 4.42. The summed E-state index contributed by atoms with van der Waals surface area (Å²) in [6, 6.07) is 12.7. The standard InChI is InChI=1S/C28H28N6O3/c1-18-11-26(28(37)30-14-22-5-3-4-9-29-22)34(15-18)27(36)17-33-16-24(19(2)35)23-12-20(6-7-25(23)33)21-8-10-31-32-13-21/h3-10,12-13,16,18,26H,11,14-15,17H2,1-2H3,(H,30,37)/t18?,26-/m0/s1. The minimum absolute atomic E-state index is 0.0384. The molecule has 2 amide bonds. The van der Waals surface area contributed by atoms with E-state index in [9.17, 15) is 14.4 Å². The van der Waals surface area contributed by atoms with Crippen LogP contribution in [-0.4, -0.2) is 54.8 Å². The molecule has 9 heteroatoms. The monoisotopic (exact) mass is 496 g/mol. The molecule has 3 aromatic heterocycles. The van der Waals surface area contributed by atoms with Crippen molar-refractivity contribution in [3.05, 3.63) is 78.5 Å². The fourth-order valence-corrected chi connectivity index (χ4v) is 4.95. The van der Waals surface area contributed by atoms with Gasteiger partial charge in [0.1, 0.15) is 12.6 Å². The average molecular weight is 497 g/mol. The number of hydrogen-bond acceptors (Lipinski definition) is 6. The van der Waals surface area contributed by atoms with E-state index >= 15 is 0 Å². The zero-order valence-electron chi connectivity index (χ0n) is 20.8. The van der Waals surface area contributed by atoms with E-state index in [-0.39, 0.29) is 30.1 Å². The largest absolute Gasteiger partial charge is 0.349 e. The van der Waals surface area contributed by atoms with Crippen LogP contribution < -0.4 is 5.32 Å². The highest BCUT2D eigenvalue weighted by molar-refractivity contribution is 6.08. The van der Waals surface area contributed by atoms with Gasteiger partial charge in [-0.05, 0) is 55.2 Å². The van der Waals surface area contributed by atoms with Crippen LogP contribution in [0.4, 0.5) is 0 Å². The van der Waals surface area contributed by atoms with Gasteiger partial charge in [-0.1, -0.05) is 19.1 Å². The molecule has 0 spiro atoms. The molecule has 1 unspecified atom stereocenters. The first-order chi connectivity index (χ1) is 17.9. The lowest BCUT2D eigenvalue weighted by atomic mass is 10.0. The number of aromatic nitrogens is 4. The maximum atomic E-state index is 13.5. The van der Waals surface area contributed by atoms with Gasteiger partial charge in [0.05, 0.1) is 24.6 Å². The van der Waals surface area contributed by atoms with Crippen LogP contribution >= 0.6 is 0 Å². The van der Waals surface area contributed by atoms with Crippen LogP contribution in [0, 0.1) is 5.92 Å². The molecule has 9 nitrogen and oxygen atoms in total. The number of carbonyl (C=O) groups is 3. The van der Waals surface area contributed by atoms with Crippen molar-refractivity contribution in [1.82, 2.24) is 30.0 Å². The molecule has 0 bridgehead atoms. The zero-order chi connectivity index (χ0) is 25.9. The highest BCUT2D eigenvalue weighted by atomic mass is 16.2. The number of rotatable bonds is 7. The van der Waals surface area contributed by atoms with Crippen LogP contribution in [0.15, 0.2) is 67.3 Å². The van der Waals surface area contributed by atoms with Crippen molar-refractivity contribution in [2.24, 2.45) is 5.92 Å². The van der Waals surface area contributed by atoms with Gasteiger partial charge < -0.3 is 14.8 Å². The summed E-state index contributed by atoms with van der Waals surface area (Å²) in [4.78, 5) is 44.8. The Morgan fingerprint density at radius 2 is 1.92 bits per heavy atom. The van der Waals surface area contributed by atoms with Gasteiger partial charge in [-0.25, -0.2) is 0 Å². The molecule has 0 saturated carbocycles. The Labute approximate surface area is 214 Å². The van der Waals surface area contributed by atoms with E-state index in [1.807, 2.05) is 49.4 Å².